The van der Waals surface area contributed by atoms with E-state index in [1.807, 2.05) is 18.2 Å². The Labute approximate surface area is 96.4 Å². The van der Waals surface area contributed by atoms with Gasteiger partial charge in [0.2, 0.25) is 0 Å². The summed E-state index contributed by atoms with van der Waals surface area (Å²) in [4.78, 5) is 0. The molecule has 80 valence electrons. The lowest BCUT2D eigenvalue weighted by Crippen LogP contribution is -1.90. The van der Waals surface area contributed by atoms with Crippen LogP contribution in [0.3, 0.4) is 0 Å². The summed E-state index contributed by atoms with van der Waals surface area (Å²) >= 11 is 0. The van der Waals surface area contributed by atoms with Crippen molar-refractivity contribution >= 4 is 17.5 Å². The molecule has 0 fully saturated rings. The van der Waals surface area contributed by atoms with E-state index < -0.39 is 0 Å². The maximum Gasteiger partial charge on any atom is 0.0390 e. The van der Waals surface area contributed by atoms with E-state index in [-0.39, 0.29) is 0 Å². The van der Waals surface area contributed by atoms with Crippen molar-refractivity contribution in [3.63, 3.8) is 0 Å². The molecule has 2 aromatic carbocycles. The van der Waals surface area contributed by atoms with Gasteiger partial charge in [-0.15, -0.1) is 0 Å². The number of hydrogen-bond acceptors (Lipinski definition) is 1. The Morgan fingerprint density at radius 1 is 1.00 bits per heavy atom. The number of aryl methyl sites for hydroxylation is 1. The van der Waals surface area contributed by atoms with Crippen LogP contribution in [0.15, 0.2) is 55.1 Å². The van der Waals surface area contributed by atoms with Crippen LogP contribution in [-0.4, -0.2) is 0 Å². The van der Waals surface area contributed by atoms with Crippen LogP contribution in [0.25, 0.3) is 6.08 Å². The predicted octanol–water partition coefficient (Wildman–Crippen LogP) is 4.38. The second-order valence-corrected chi connectivity index (χ2v) is 3.82. The molecule has 16 heavy (non-hydrogen) atoms. The van der Waals surface area contributed by atoms with E-state index in [0.717, 1.165) is 16.9 Å². The van der Waals surface area contributed by atoms with Crippen molar-refractivity contribution < 1.29 is 0 Å². The minimum atomic E-state index is 1.09. The highest BCUT2D eigenvalue weighted by Crippen LogP contribution is 2.18. The van der Waals surface area contributed by atoms with Gasteiger partial charge >= 0.3 is 0 Å². The highest BCUT2D eigenvalue weighted by atomic mass is 14.9. The van der Waals surface area contributed by atoms with Crippen LogP contribution in [0.5, 0.6) is 0 Å². The van der Waals surface area contributed by atoms with E-state index in [2.05, 4.69) is 55.2 Å². The Morgan fingerprint density at radius 3 is 2.38 bits per heavy atom. The van der Waals surface area contributed by atoms with Crippen molar-refractivity contribution in [1.29, 1.82) is 0 Å². The maximum atomic E-state index is 3.77. The first kappa shape index (κ1) is 10.5. The Balaban J connectivity index is 2.23. The van der Waals surface area contributed by atoms with E-state index in [1.54, 1.807) is 0 Å². The van der Waals surface area contributed by atoms with Crippen LogP contribution in [0.1, 0.15) is 11.1 Å². The topological polar surface area (TPSA) is 12.0 Å². The summed E-state index contributed by atoms with van der Waals surface area (Å²) in [6, 6.07) is 16.5. The van der Waals surface area contributed by atoms with Crippen LogP contribution in [0.2, 0.25) is 0 Å². The minimum absolute atomic E-state index is 1.09. The summed E-state index contributed by atoms with van der Waals surface area (Å²) in [5.41, 5.74) is 4.58. The minimum Gasteiger partial charge on any atom is -0.356 e. The third-order valence-electron chi connectivity index (χ3n) is 2.43. The van der Waals surface area contributed by atoms with Crippen molar-refractivity contribution in [2.24, 2.45) is 0 Å². The van der Waals surface area contributed by atoms with Crippen molar-refractivity contribution in [2.45, 2.75) is 6.92 Å². The highest BCUT2D eigenvalue weighted by Gasteiger charge is 1.95. The summed E-state index contributed by atoms with van der Waals surface area (Å²) in [6.45, 7) is 5.85. The molecule has 0 atom stereocenters. The molecule has 2 aromatic rings. The Kier molecular flexibility index (Phi) is 3.06. The molecule has 0 saturated carbocycles. The molecule has 0 aromatic heterocycles. The lowest BCUT2D eigenvalue weighted by atomic mass is 10.2. The van der Waals surface area contributed by atoms with E-state index in [4.69, 9.17) is 0 Å². The number of anilines is 2. The molecule has 0 aliphatic carbocycles. The van der Waals surface area contributed by atoms with Crippen molar-refractivity contribution in [2.75, 3.05) is 5.32 Å². The SMILES string of the molecule is C=Cc1cccc(Nc2cccc(C)c2)c1. The molecule has 1 heteroatoms. The fourth-order valence-corrected chi connectivity index (χ4v) is 1.63. The zero-order chi connectivity index (χ0) is 11.4. The Hall–Kier alpha value is -2.02. The molecule has 0 bridgehead atoms. The van der Waals surface area contributed by atoms with Crippen molar-refractivity contribution in [3.8, 4) is 0 Å². The number of hydrogen-bond donors (Lipinski definition) is 1. The molecule has 0 aliphatic heterocycles. The van der Waals surface area contributed by atoms with Gasteiger partial charge in [-0.2, -0.15) is 0 Å². The second-order valence-electron chi connectivity index (χ2n) is 3.82. The van der Waals surface area contributed by atoms with Gasteiger partial charge in [-0.3, -0.25) is 0 Å². The summed E-state index contributed by atoms with van der Waals surface area (Å²) in [7, 11) is 0. The molecule has 0 aliphatic rings. The quantitative estimate of drug-likeness (QED) is 0.791. The highest BCUT2D eigenvalue weighted by molar-refractivity contribution is 5.63. The van der Waals surface area contributed by atoms with Crippen molar-refractivity contribution in [3.05, 3.63) is 66.2 Å². The second kappa shape index (κ2) is 4.67. The van der Waals surface area contributed by atoms with Gasteiger partial charge in [-0.25, -0.2) is 0 Å². The first-order chi connectivity index (χ1) is 7.78. The summed E-state index contributed by atoms with van der Waals surface area (Å²) in [5, 5.41) is 3.37. The average Bonchev–Trinajstić information content (AvgIpc) is 2.29. The molecular weight excluding hydrogens is 194 g/mol. The third kappa shape index (κ3) is 2.51. The smallest absolute Gasteiger partial charge is 0.0390 e. The molecule has 2 rings (SSSR count). The molecular formula is C15H15N. The summed E-state index contributed by atoms with van der Waals surface area (Å²) in [6.07, 6.45) is 1.85. The summed E-state index contributed by atoms with van der Waals surface area (Å²) in [5.74, 6) is 0. The lowest BCUT2D eigenvalue weighted by Gasteiger charge is -2.07. The van der Waals surface area contributed by atoms with Gasteiger partial charge < -0.3 is 5.32 Å². The van der Waals surface area contributed by atoms with E-state index >= 15 is 0 Å². The molecule has 0 saturated heterocycles. The standard InChI is InChI=1S/C15H15N/c1-3-13-7-5-9-15(11-13)16-14-8-4-6-12(2)10-14/h3-11,16H,1H2,2H3. The zero-order valence-corrected chi connectivity index (χ0v) is 9.40. The van der Waals surface area contributed by atoms with Crippen LogP contribution < -0.4 is 5.32 Å². The van der Waals surface area contributed by atoms with Crippen LogP contribution >= 0.6 is 0 Å². The van der Waals surface area contributed by atoms with Crippen LogP contribution in [0.4, 0.5) is 11.4 Å². The van der Waals surface area contributed by atoms with Gasteiger partial charge in [0.25, 0.3) is 0 Å². The van der Waals surface area contributed by atoms with Gasteiger partial charge in [-0.05, 0) is 42.3 Å². The average molecular weight is 209 g/mol. The van der Waals surface area contributed by atoms with E-state index in [0.29, 0.717) is 0 Å². The number of benzene rings is 2. The molecule has 1 N–H and O–H groups in total. The molecule has 0 amide bonds. The first-order valence-corrected chi connectivity index (χ1v) is 5.34. The molecule has 1 nitrogen and oxygen atoms in total. The Bertz CT molecular complexity index is 500. The number of nitrogens with one attached hydrogen (secondary N) is 1. The molecule has 0 heterocycles. The molecule has 0 unspecified atom stereocenters. The van der Waals surface area contributed by atoms with Gasteiger partial charge in [0.1, 0.15) is 0 Å². The predicted molar refractivity (Wildman–Crippen MR) is 71.0 cm³/mol. The molecule has 0 spiro atoms. The number of rotatable bonds is 3. The largest absolute Gasteiger partial charge is 0.356 e. The fraction of sp³-hybridized carbons (Fsp3) is 0.0667. The van der Waals surface area contributed by atoms with Crippen molar-refractivity contribution in [1.82, 2.24) is 0 Å². The van der Waals surface area contributed by atoms with Gasteiger partial charge in [0.05, 0.1) is 0 Å². The third-order valence-corrected chi connectivity index (χ3v) is 2.43. The maximum absolute atomic E-state index is 3.77. The van der Waals surface area contributed by atoms with Gasteiger partial charge in [-0.1, -0.05) is 36.9 Å². The lowest BCUT2D eigenvalue weighted by molar-refractivity contribution is 1.45. The van der Waals surface area contributed by atoms with Gasteiger partial charge in [0.15, 0.2) is 0 Å². The fourth-order valence-electron chi connectivity index (χ4n) is 1.63. The van der Waals surface area contributed by atoms with Crippen LogP contribution in [-0.2, 0) is 0 Å². The van der Waals surface area contributed by atoms with E-state index in [9.17, 15) is 0 Å². The normalized spacial score (nSPS) is 9.81. The summed E-state index contributed by atoms with van der Waals surface area (Å²) < 4.78 is 0. The zero-order valence-electron chi connectivity index (χ0n) is 9.40. The first-order valence-electron chi connectivity index (χ1n) is 5.34. The van der Waals surface area contributed by atoms with Crippen LogP contribution in [0, 0.1) is 6.92 Å². The van der Waals surface area contributed by atoms with E-state index in [1.165, 1.54) is 5.56 Å². The monoisotopic (exact) mass is 209 g/mol. The Morgan fingerprint density at radius 2 is 1.69 bits per heavy atom. The van der Waals surface area contributed by atoms with Gasteiger partial charge in [0, 0.05) is 11.4 Å². The molecule has 0 radical (unpaired) electrons.